The highest BCUT2D eigenvalue weighted by Gasteiger charge is 2.12. The molecule has 3 heteroatoms. The normalized spacial score (nSPS) is 12.4. The van der Waals surface area contributed by atoms with Crippen molar-refractivity contribution in [3.8, 4) is 0 Å². The van der Waals surface area contributed by atoms with Crippen molar-refractivity contribution < 1.29 is 4.79 Å². The molecule has 0 aliphatic carbocycles. The largest absolute Gasteiger partial charge is 0.361 e. The van der Waals surface area contributed by atoms with Crippen molar-refractivity contribution in [2.24, 2.45) is 0 Å². The maximum absolute atomic E-state index is 12.5. The number of hydrogen-bond acceptors (Lipinski definition) is 1. The van der Waals surface area contributed by atoms with Gasteiger partial charge in [-0.2, -0.15) is 0 Å². The standard InChI is InChI=1S/C22H20N2O/c1-15(17-11-10-16-6-2-3-7-18(16)12-17)24-22(25)13-19-14-23-21-9-5-4-8-20(19)21/h2-12,14-15,23H,13H2,1H3,(H,24,25)/t15-/m1/s1. The Morgan fingerprint density at radius 2 is 1.76 bits per heavy atom. The fourth-order valence-electron chi connectivity index (χ4n) is 3.30. The van der Waals surface area contributed by atoms with Crippen LogP contribution in [0.1, 0.15) is 24.1 Å². The molecule has 3 nitrogen and oxygen atoms in total. The molecule has 25 heavy (non-hydrogen) atoms. The van der Waals surface area contributed by atoms with Crippen molar-refractivity contribution in [2.75, 3.05) is 0 Å². The third-order valence-electron chi connectivity index (χ3n) is 4.68. The topological polar surface area (TPSA) is 44.9 Å². The van der Waals surface area contributed by atoms with E-state index in [1.54, 1.807) is 0 Å². The molecule has 1 aromatic heterocycles. The molecular weight excluding hydrogens is 308 g/mol. The molecule has 0 fully saturated rings. The number of carbonyl (C=O) groups excluding carboxylic acids is 1. The van der Waals surface area contributed by atoms with Crippen molar-refractivity contribution >= 4 is 27.6 Å². The summed E-state index contributed by atoms with van der Waals surface area (Å²) in [5.41, 5.74) is 3.21. The smallest absolute Gasteiger partial charge is 0.224 e. The summed E-state index contributed by atoms with van der Waals surface area (Å²) >= 11 is 0. The molecule has 2 N–H and O–H groups in total. The first-order valence-electron chi connectivity index (χ1n) is 8.54. The Labute approximate surface area is 146 Å². The van der Waals surface area contributed by atoms with E-state index in [9.17, 15) is 4.79 Å². The minimum atomic E-state index is -0.0256. The molecule has 4 rings (SSSR count). The minimum Gasteiger partial charge on any atom is -0.361 e. The first-order chi connectivity index (χ1) is 12.2. The van der Waals surface area contributed by atoms with Crippen LogP contribution in [0.3, 0.4) is 0 Å². The lowest BCUT2D eigenvalue weighted by atomic mass is 10.0. The number of fused-ring (bicyclic) bond motifs is 2. The molecule has 0 spiro atoms. The van der Waals surface area contributed by atoms with Gasteiger partial charge in [-0.05, 0) is 41.0 Å². The maximum atomic E-state index is 12.5. The number of H-pyrrole nitrogens is 1. The minimum absolute atomic E-state index is 0.0256. The van der Waals surface area contributed by atoms with Crippen LogP contribution >= 0.6 is 0 Å². The highest BCUT2D eigenvalue weighted by Crippen LogP contribution is 2.21. The average molecular weight is 328 g/mol. The van der Waals surface area contributed by atoms with Gasteiger partial charge in [0.25, 0.3) is 0 Å². The molecule has 0 saturated heterocycles. The van der Waals surface area contributed by atoms with Gasteiger partial charge in [0.2, 0.25) is 5.91 Å². The van der Waals surface area contributed by atoms with Gasteiger partial charge in [0.15, 0.2) is 0 Å². The molecule has 0 radical (unpaired) electrons. The Morgan fingerprint density at radius 1 is 1.00 bits per heavy atom. The number of rotatable bonds is 4. The molecule has 0 saturated carbocycles. The molecule has 4 aromatic rings. The Hall–Kier alpha value is -3.07. The van der Waals surface area contributed by atoms with E-state index in [0.717, 1.165) is 22.0 Å². The molecule has 1 atom stereocenters. The van der Waals surface area contributed by atoms with Crippen LogP contribution in [0, 0.1) is 0 Å². The van der Waals surface area contributed by atoms with Gasteiger partial charge in [-0.15, -0.1) is 0 Å². The number of nitrogens with one attached hydrogen (secondary N) is 2. The number of aromatic nitrogens is 1. The van der Waals surface area contributed by atoms with E-state index in [4.69, 9.17) is 0 Å². The second-order valence-electron chi connectivity index (χ2n) is 6.43. The quantitative estimate of drug-likeness (QED) is 0.558. The summed E-state index contributed by atoms with van der Waals surface area (Å²) in [5.74, 6) is 0.0328. The number of aromatic amines is 1. The number of benzene rings is 3. The Bertz CT molecular complexity index is 1050. The van der Waals surface area contributed by atoms with E-state index in [0.29, 0.717) is 6.42 Å². The first-order valence-corrected chi connectivity index (χ1v) is 8.54. The Kier molecular flexibility index (Phi) is 3.98. The van der Waals surface area contributed by atoms with Crippen molar-refractivity contribution in [3.63, 3.8) is 0 Å². The van der Waals surface area contributed by atoms with Crippen LogP contribution in [0.2, 0.25) is 0 Å². The van der Waals surface area contributed by atoms with Gasteiger partial charge in [0.05, 0.1) is 12.5 Å². The van der Waals surface area contributed by atoms with Crippen LogP contribution < -0.4 is 5.32 Å². The highest BCUT2D eigenvalue weighted by molar-refractivity contribution is 5.89. The summed E-state index contributed by atoms with van der Waals surface area (Å²) in [6, 6.07) is 22.6. The van der Waals surface area contributed by atoms with Crippen LogP contribution in [-0.4, -0.2) is 10.9 Å². The lowest BCUT2D eigenvalue weighted by Gasteiger charge is -2.15. The van der Waals surface area contributed by atoms with Crippen LogP contribution in [0.5, 0.6) is 0 Å². The zero-order valence-electron chi connectivity index (χ0n) is 14.1. The van der Waals surface area contributed by atoms with Gasteiger partial charge in [0.1, 0.15) is 0 Å². The number of para-hydroxylation sites is 1. The molecule has 1 amide bonds. The van der Waals surface area contributed by atoms with Gasteiger partial charge in [0, 0.05) is 17.1 Å². The summed E-state index contributed by atoms with van der Waals surface area (Å²) in [6.07, 6.45) is 2.30. The molecular formula is C22H20N2O. The number of hydrogen-bond donors (Lipinski definition) is 2. The lowest BCUT2D eigenvalue weighted by molar-refractivity contribution is -0.121. The van der Waals surface area contributed by atoms with Crippen LogP contribution in [0.15, 0.2) is 72.9 Å². The molecule has 0 bridgehead atoms. The second kappa shape index (κ2) is 6.44. The summed E-state index contributed by atoms with van der Waals surface area (Å²) in [5, 5.41) is 6.62. The molecule has 0 unspecified atom stereocenters. The van der Waals surface area contributed by atoms with Crippen molar-refractivity contribution in [3.05, 3.63) is 84.1 Å². The van der Waals surface area contributed by atoms with Gasteiger partial charge >= 0.3 is 0 Å². The summed E-state index contributed by atoms with van der Waals surface area (Å²) < 4.78 is 0. The summed E-state index contributed by atoms with van der Waals surface area (Å²) in [6.45, 7) is 2.03. The Balaban J connectivity index is 1.49. The van der Waals surface area contributed by atoms with E-state index in [1.807, 2.05) is 49.5 Å². The van der Waals surface area contributed by atoms with E-state index in [1.165, 1.54) is 10.8 Å². The van der Waals surface area contributed by atoms with Crippen molar-refractivity contribution in [1.29, 1.82) is 0 Å². The summed E-state index contributed by atoms with van der Waals surface area (Å²) in [7, 11) is 0. The molecule has 1 heterocycles. The fourth-order valence-corrected chi connectivity index (χ4v) is 3.30. The van der Waals surface area contributed by atoms with Crippen molar-refractivity contribution in [2.45, 2.75) is 19.4 Å². The van der Waals surface area contributed by atoms with E-state index in [-0.39, 0.29) is 11.9 Å². The third kappa shape index (κ3) is 3.13. The summed E-state index contributed by atoms with van der Waals surface area (Å²) in [4.78, 5) is 15.7. The number of carbonyl (C=O) groups is 1. The van der Waals surface area contributed by atoms with Crippen LogP contribution in [0.4, 0.5) is 0 Å². The molecule has 3 aromatic carbocycles. The SMILES string of the molecule is C[C@@H](NC(=O)Cc1c[nH]c2ccccc12)c1ccc2ccccc2c1. The zero-order chi connectivity index (χ0) is 17.2. The van der Waals surface area contributed by atoms with E-state index in [2.05, 4.69) is 40.6 Å². The van der Waals surface area contributed by atoms with Crippen molar-refractivity contribution in [1.82, 2.24) is 10.3 Å². The average Bonchev–Trinajstić information content (AvgIpc) is 3.04. The van der Waals surface area contributed by atoms with Gasteiger partial charge in [-0.25, -0.2) is 0 Å². The predicted octanol–water partition coefficient (Wildman–Crippen LogP) is 4.74. The van der Waals surface area contributed by atoms with Gasteiger partial charge < -0.3 is 10.3 Å². The van der Waals surface area contributed by atoms with E-state index >= 15 is 0 Å². The number of amides is 1. The molecule has 0 aliphatic rings. The predicted molar refractivity (Wildman–Crippen MR) is 103 cm³/mol. The molecule has 124 valence electrons. The maximum Gasteiger partial charge on any atom is 0.224 e. The second-order valence-corrected chi connectivity index (χ2v) is 6.43. The van der Waals surface area contributed by atoms with Gasteiger partial charge in [-0.3, -0.25) is 4.79 Å². The van der Waals surface area contributed by atoms with E-state index < -0.39 is 0 Å². The Morgan fingerprint density at radius 3 is 2.64 bits per heavy atom. The first kappa shape index (κ1) is 15.5. The third-order valence-corrected chi connectivity index (χ3v) is 4.68. The highest BCUT2D eigenvalue weighted by atomic mass is 16.1. The fraction of sp³-hybridized carbons (Fsp3) is 0.136. The molecule has 0 aliphatic heterocycles. The zero-order valence-corrected chi connectivity index (χ0v) is 14.1. The van der Waals surface area contributed by atoms with Crippen LogP contribution in [0.25, 0.3) is 21.7 Å². The lowest BCUT2D eigenvalue weighted by Crippen LogP contribution is -2.28. The monoisotopic (exact) mass is 328 g/mol. The van der Waals surface area contributed by atoms with Crippen LogP contribution in [-0.2, 0) is 11.2 Å². The van der Waals surface area contributed by atoms with Gasteiger partial charge in [-0.1, -0.05) is 54.6 Å².